The molecule has 18 heavy (non-hydrogen) atoms. The summed E-state index contributed by atoms with van der Waals surface area (Å²) >= 11 is 0. The first kappa shape index (κ1) is 14.3. The van der Waals surface area contributed by atoms with Crippen molar-refractivity contribution in [3.05, 3.63) is 23.8 Å². The van der Waals surface area contributed by atoms with E-state index in [0.717, 1.165) is 0 Å². The number of carbonyl (C=O) groups excluding carboxylic acids is 1. The molecule has 0 saturated heterocycles. The molecular formula is C13H20N2O3. The van der Waals surface area contributed by atoms with Gasteiger partial charge in [0.05, 0.1) is 19.4 Å². The molecule has 5 nitrogen and oxygen atoms in total. The van der Waals surface area contributed by atoms with E-state index in [1.54, 1.807) is 25.3 Å². The summed E-state index contributed by atoms with van der Waals surface area (Å²) in [5, 5.41) is 2.84. The second-order valence-corrected chi connectivity index (χ2v) is 4.23. The number of anilines is 1. The fourth-order valence-electron chi connectivity index (χ4n) is 1.56. The Hall–Kier alpha value is -1.75. The minimum Gasteiger partial charge on any atom is -0.495 e. The van der Waals surface area contributed by atoms with E-state index in [9.17, 15) is 4.79 Å². The minimum atomic E-state index is -0.142. The lowest BCUT2D eigenvalue weighted by molar-refractivity contribution is 0.0934. The summed E-state index contributed by atoms with van der Waals surface area (Å²) in [6.07, 6.45) is 0. The summed E-state index contributed by atoms with van der Waals surface area (Å²) in [7, 11) is 3.16. The van der Waals surface area contributed by atoms with Crippen molar-refractivity contribution >= 4 is 11.6 Å². The van der Waals surface area contributed by atoms with E-state index >= 15 is 0 Å². The number of nitrogen functional groups attached to an aromatic ring is 1. The molecule has 0 heterocycles. The van der Waals surface area contributed by atoms with Crippen LogP contribution in [0.2, 0.25) is 0 Å². The van der Waals surface area contributed by atoms with Crippen LogP contribution in [0, 0.1) is 5.92 Å². The number of carbonyl (C=O) groups is 1. The van der Waals surface area contributed by atoms with Gasteiger partial charge in [0.25, 0.3) is 5.91 Å². The van der Waals surface area contributed by atoms with Gasteiger partial charge in [0.2, 0.25) is 0 Å². The Morgan fingerprint density at radius 1 is 1.44 bits per heavy atom. The zero-order chi connectivity index (χ0) is 13.5. The molecule has 1 unspecified atom stereocenters. The third-order valence-corrected chi connectivity index (χ3v) is 2.56. The van der Waals surface area contributed by atoms with Gasteiger partial charge in [-0.2, -0.15) is 0 Å². The lowest BCUT2D eigenvalue weighted by atomic mass is 10.1. The zero-order valence-electron chi connectivity index (χ0n) is 11.0. The van der Waals surface area contributed by atoms with Crippen molar-refractivity contribution in [1.29, 1.82) is 0 Å². The molecule has 1 amide bonds. The highest BCUT2D eigenvalue weighted by atomic mass is 16.5. The van der Waals surface area contributed by atoms with Crippen molar-refractivity contribution in [2.45, 2.75) is 6.92 Å². The predicted octanol–water partition coefficient (Wildman–Crippen LogP) is 1.29. The second kappa shape index (κ2) is 6.86. The summed E-state index contributed by atoms with van der Waals surface area (Å²) in [4.78, 5) is 11.9. The highest BCUT2D eigenvalue weighted by Crippen LogP contribution is 2.21. The van der Waals surface area contributed by atoms with E-state index in [1.807, 2.05) is 6.92 Å². The summed E-state index contributed by atoms with van der Waals surface area (Å²) in [5.41, 5.74) is 6.74. The number of rotatable bonds is 6. The van der Waals surface area contributed by atoms with Crippen LogP contribution in [0.15, 0.2) is 18.2 Å². The maximum atomic E-state index is 11.9. The summed E-state index contributed by atoms with van der Waals surface area (Å²) < 4.78 is 10.1. The van der Waals surface area contributed by atoms with Crippen molar-refractivity contribution in [2.24, 2.45) is 5.92 Å². The topological polar surface area (TPSA) is 73.6 Å². The van der Waals surface area contributed by atoms with Crippen LogP contribution in [0.3, 0.4) is 0 Å². The largest absolute Gasteiger partial charge is 0.495 e. The molecule has 0 bridgehead atoms. The van der Waals surface area contributed by atoms with Crippen LogP contribution in [0.5, 0.6) is 5.75 Å². The number of amides is 1. The molecule has 1 aromatic carbocycles. The zero-order valence-corrected chi connectivity index (χ0v) is 11.0. The molecule has 0 aliphatic rings. The molecule has 5 heteroatoms. The Morgan fingerprint density at radius 2 is 2.17 bits per heavy atom. The number of nitrogens with one attached hydrogen (secondary N) is 1. The highest BCUT2D eigenvalue weighted by molar-refractivity contribution is 5.95. The van der Waals surface area contributed by atoms with Gasteiger partial charge in [-0.25, -0.2) is 0 Å². The number of ether oxygens (including phenoxy) is 2. The molecule has 0 spiro atoms. The van der Waals surface area contributed by atoms with E-state index < -0.39 is 0 Å². The quantitative estimate of drug-likeness (QED) is 0.748. The molecule has 1 atom stereocenters. The number of benzene rings is 1. The average Bonchev–Trinajstić information content (AvgIpc) is 2.37. The fourth-order valence-corrected chi connectivity index (χ4v) is 1.56. The van der Waals surface area contributed by atoms with E-state index in [-0.39, 0.29) is 11.8 Å². The molecule has 0 saturated carbocycles. The van der Waals surface area contributed by atoms with Crippen LogP contribution >= 0.6 is 0 Å². The lowest BCUT2D eigenvalue weighted by Crippen LogP contribution is -2.29. The van der Waals surface area contributed by atoms with E-state index in [0.29, 0.717) is 30.2 Å². The average molecular weight is 252 g/mol. The van der Waals surface area contributed by atoms with Crippen molar-refractivity contribution in [3.63, 3.8) is 0 Å². The molecule has 0 fully saturated rings. The van der Waals surface area contributed by atoms with Crippen LogP contribution in [-0.2, 0) is 4.74 Å². The predicted molar refractivity (Wildman–Crippen MR) is 70.8 cm³/mol. The summed E-state index contributed by atoms with van der Waals surface area (Å²) in [5.74, 6) is 0.637. The smallest absolute Gasteiger partial charge is 0.251 e. The Morgan fingerprint density at radius 3 is 2.78 bits per heavy atom. The van der Waals surface area contributed by atoms with Crippen molar-refractivity contribution in [1.82, 2.24) is 5.32 Å². The maximum Gasteiger partial charge on any atom is 0.251 e. The van der Waals surface area contributed by atoms with Gasteiger partial charge in [-0.1, -0.05) is 6.92 Å². The Kier molecular flexibility index (Phi) is 5.45. The highest BCUT2D eigenvalue weighted by Gasteiger charge is 2.10. The second-order valence-electron chi connectivity index (χ2n) is 4.23. The molecule has 100 valence electrons. The van der Waals surface area contributed by atoms with E-state index in [2.05, 4.69) is 5.32 Å². The van der Waals surface area contributed by atoms with Crippen molar-refractivity contribution in [3.8, 4) is 5.75 Å². The van der Waals surface area contributed by atoms with Crippen LogP contribution in [-0.4, -0.2) is 33.3 Å². The van der Waals surface area contributed by atoms with Crippen LogP contribution in [0.25, 0.3) is 0 Å². The molecule has 3 N–H and O–H groups in total. The van der Waals surface area contributed by atoms with Crippen molar-refractivity contribution < 1.29 is 14.3 Å². The number of hydrogen-bond acceptors (Lipinski definition) is 4. The minimum absolute atomic E-state index is 0.142. The SMILES string of the molecule is COCC(C)CNC(=O)c1ccc(N)c(OC)c1. The lowest BCUT2D eigenvalue weighted by Gasteiger charge is -2.12. The standard InChI is InChI=1S/C13H20N2O3/c1-9(8-17-2)7-15-13(16)10-4-5-11(14)12(6-10)18-3/h4-6,9H,7-8,14H2,1-3H3,(H,15,16). The molecule has 0 aliphatic carbocycles. The van der Waals surface area contributed by atoms with Gasteiger partial charge in [-0.05, 0) is 24.1 Å². The first-order valence-corrected chi connectivity index (χ1v) is 5.79. The molecule has 0 aromatic heterocycles. The van der Waals surface area contributed by atoms with E-state index in [1.165, 1.54) is 7.11 Å². The molecule has 0 radical (unpaired) electrons. The number of methoxy groups -OCH3 is 2. The molecule has 1 rings (SSSR count). The van der Waals surface area contributed by atoms with Crippen LogP contribution in [0.1, 0.15) is 17.3 Å². The van der Waals surface area contributed by atoms with Gasteiger partial charge in [-0.15, -0.1) is 0 Å². The van der Waals surface area contributed by atoms with Crippen molar-refractivity contribution in [2.75, 3.05) is 33.1 Å². The van der Waals surface area contributed by atoms with Crippen LogP contribution < -0.4 is 15.8 Å². The van der Waals surface area contributed by atoms with Gasteiger partial charge in [-0.3, -0.25) is 4.79 Å². The molecule has 0 aliphatic heterocycles. The third-order valence-electron chi connectivity index (χ3n) is 2.56. The number of nitrogens with two attached hydrogens (primary N) is 1. The Bertz CT molecular complexity index is 407. The normalized spacial score (nSPS) is 11.9. The molecule has 1 aromatic rings. The summed E-state index contributed by atoms with van der Waals surface area (Å²) in [6.45, 7) is 3.19. The maximum absolute atomic E-state index is 11.9. The fraction of sp³-hybridized carbons (Fsp3) is 0.462. The monoisotopic (exact) mass is 252 g/mol. The van der Waals surface area contributed by atoms with Gasteiger partial charge in [0.15, 0.2) is 0 Å². The third kappa shape index (κ3) is 3.92. The van der Waals surface area contributed by atoms with Gasteiger partial charge < -0.3 is 20.5 Å². The van der Waals surface area contributed by atoms with Gasteiger partial charge in [0, 0.05) is 19.2 Å². The van der Waals surface area contributed by atoms with E-state index in [4.69, 9.17) is 15.2 Å². The van der Waals surface area contributed by atoms with Crippen LogP contribution in [0.4, 0.5) is 5.69 Å². The Balaban J connectivity index is 2.61. The first-order chi connectivity index (χ1) is 8.58. The van der Waals surface area contributed by atoms with Gasteiger partial charge >= 0.3 is 0 Å². The Labute approximate surface area is 107 Å². The van der Waals surface area contributed by atoms with Gasteiger partial charge in [0.1, 0.15) is 5.75 Å². The number of hydrogen-bond donors (Lipinski definition) is 2. The molecular weight excluding hydrogens is 232 g/mol. The summed E-state index contributed by atoms with van der Waals surface area (Å²) in [6, 6.07) is 4.96. The first-order valence-electron chi connectivity index (χ1n) is 5.79.